The predicted octanol–water partition coefficient (Wildman–Crippen LogP) is 2.66. The van der Waals surface area contributed by atoms with Gasteiger partial charge in [0.15, 0.2) is 0 Å². The summed E-state index contributed by atoms with van der Waals surface area (Å²) in [6, 6.07) is 8.89. The molecule has 1 aromatic heterocycles. The maximum atomic E-state index is 13.0. The van der Waals surface area contributed by atoms with E-state index in [9.17, 15) is 18.4 Å². The molecule has 1 aliphatic rings. The molecule has 1 fully saturated rings. The number of amides is 1. The molecule has 3 rings (SSSR count). The van der Waals surface area contributed by atoms with E-state index < -0.39 is 30.5 Å². The molecule has 1 aliphatic heterocycles. The van der Waals surface area contributed by atoms with E-state index in [0.29, 0.717) is 11.1 Å². The first-order valence-electron chi connectivity index (χ1n) is 6.90. The van der Waals surface area contributed by atoms with Crippen molar-refractivity contribution in [3.63, 3.8) is 0 Å². The zero-order chi connectivity index (χ0) is 17.5. The zero-order valence-electron chi connectivity index (χ0n) is 12.1. The first-order chi connectivity index (χ1) is 11.3. The molecule has 1 aromatic carbocycles. The average Bonchev–Trinajstić information content (AvgIpc) is 2.50. The van der Waals surface area contributed by atoms with Gasteiger partial charge in [0.25, 0.3) is 11.8 Å². The highest BCUT2D eigenvalue weighted by molar-refractivity contribution is 6.29. The highest BCUT2D eigenvalue weighted by Gasteiger charge is 2.46. The van der Waals surface area contributed by atoms with Gasteiger partial charge in [-0.1, -0.05) is 17.7 Å². The Hall–Kier alpha value is -2.72. The van der Waals surface area contributed by atoms with Crippen LogP contribution in [-0.2, 0) is 0 Å². The number of alkyl halides is 2. The average molecular weight is 350 g/mol. The molecule has 0 radical (unpaired) electrons. The Bertz CT molecular complexity index is 926. The molecule has 1 saturated heterocycles. The Labute approximate surface area is 140 Å². The number of carbonyl (C=O) groups is 1. The first kappa shape index (κ1) is 16.1. The number of halogens is 3. The van der Waals surface area contributed by atoms with Gasteiger partial charge in [0, 0.05) is 11.6 Å². The van der Waals surface area contributed by atoms with Crippen molar-refractivity contribution >= 4 is 17.5 Å². The van der Waals surface area contributed by atoms with Gasteiger partial charge in [-0.05, 0) is 29.3 Å². The lowest BCUT2D eigenvalue weighted by atomic mass is 9.96. The monoisotopic (exact) mass is 349 g/mol. The number of nitriles is 1. The Kier molecular flexibility index (Phi) is 3.85. The van der Waals surface area contributed by atoms with Gasteiger partial charge in [0.05, 0.1) is 24.7 Å². The quantitative estimate of drug-likeness (QED) is 0.847. The van der Waals surface area contributed by atoms with Crippen LogP contribution in [0, 0.1) is 11.3 Å². The minimum atomic E-state index is -2.89. The van der Waals surface area contributed by atoms with Crippen LogP contribution >= 0.6 is 11.6 Å². The summed E-state index contributed by atoms with van der Waals surface area (Å²) in [5.74, 6) is -3.51. The van der Waals surface area contributed by atoms with E-state index in [4.69, 9.17) is 16.9 Å². The van der Waals surface area contributed by atoms with Gasteiger partial charge < -0.3 is 9.88 Å². The molecule has 0 bridgehead atoms. The molecule has 0 aliphatic carbocycles. The van der Waals surface area contributed by atoms with Crippen LogP contribution in [0.4, 0.5) is 8.78 Å². The third-order valence-corrected chi connectivity index (χ3v) is 3.84. The van der Waals surface area contributed by atoms with Crippen molar-refractivity contribution in [1.29, 1.82) is 5.26 Å². The molecular formula is C16H10ClF2N3O2. The van der Waals surface area contributed by atoms with Crippen molar-refractivity contribution in [3.8, 4) is 17.2 Å². The maximum absolute atomic E-state index is 13.0. The van der Waals surface area contributed by atoms with Gasteiger partial charge in [0.1, 0.15) is 5.15 Å². The lowest BCUT2D eigenvalue weighted by Crippen LogP contribution is -2.58. The van der Waals surface area contributed by atoms with E-state index >= 15 is 0 Å². The Balaban J connectivity index is 2.08. The lowest BCUT2D eigenvalue weighted by Gasteiger charge is -2.39. The molecule has 2 aromatic rings. The predicted molar refractivity (Wildman–Crippen MR) is 83.1 cm³/mol. The number of aromatic amines is 1. The van der Waals surface area contributed by atoms with E-state index in [1.807, 2.05) is 6.07 Å². The minimum absolute atomic E-state index is 0.0752. The number of hydrogen-bond acceptors (Lipinski definition) is 3. The number of rotatable bonds is 2. The lowest BCUT2D eigenvalue weighted by molar-refractivity contribution is -0.113. The van der Waals surface area contributed by atoms with Crippen LogP contribution in [0.3, 0.4) is 0 Å². The van der Waals surface area contributed by atoms with Crippen LogP contribution in [0.1, 0.15) is 15.9 Å². The van der Waals surface area contributed by atoms with Crippen LogP contribution in [0.25, 0.3) is 11.1 Å². The second kappa shape index (κ2) is 5.73. The second-order valence-corrected chi connectivity index (χ2v) is 5.88. The molecule has 0 unspecified atom stereocenters. The van der Waals surface area contributed by atoms with E-state index in [1.165, 1.54) is 30.3 Å². The smallest absolute Gasteiger partial charge is 0.282 e. The Morgan fingerprint density at radius 1 is 1.29 bits per heavy atom. The maximum Gasteiger partial charge on any atom is 0.282 e. The van der Waals surface area contributed by atoms with Crippen LogP contribution in [0.15, 0.2) is 35.1 Å². The fraction of sp³-hybridized carbons (Fsp3) is 0.188. The number of nitrogens with one attached hydrogen (secondary N) is 1. The van der Waals surface area contributed by atoms with E-state index in [1.54, 1.807) is 0 Å². The normalized spacial score (nSPS) is 15.5. The van der Waals surface area contributed by atoms with Crippen molar-refractivity contribution < 1.29 is 13.6 Å². The van der Waals surface area contributed by atoms with Gasteiger partial charge in [0.2, 0.25) is 5.56 Å². The van der Waals surface area contributed by atoms with Gasteiger partial charge >= 0.3 is 0 Å². The van der Waals surface area contributed by atoms with Crippen LogP contribution in [0.2, 0.25) is 5.15 Å². The standard InChI is InChI=1S/C16H10ClF2N3O2/c17-13-4-10(5-14(23)21-13)11-2-1-9(6-20)3-12(11)15(24)22-7-16(18,19)8-22/h1-5H,7-8H2,(H,21,23). The SMILES string of the molecule is N#Cc1ccc(-c2cc(Cl)[nH]c(=O)c2)c(C(=O)N2CC(F)(F)C2)c1. The fourth-order valence-electron chi connectivity index (χ4n) is 2.53. The fourth-order valence-corrected chi connectivity index (χ4v) is 2.74. The summed E-state index contributed by atoms with van der Waals surface area (Å²) in [6.45, 7) is -1.34. The van der Waals surface area contributed by atoms with E-state index in [0.717, 1.165) is 4.90 Å². The van der Waals surface area contributed by atoms with Crippen molar-refractivity contribution in [2.75, 3.05) is 13.1 Å². The summed E-state index contributed by atoms with van der Waals surface area (Å²) in [6.07, 6.45) is 0. The number of carbonyl (C=O) groups excluding carboxylic acids is 1. The van der Waals surface area contributed by atoms with E-state index in [2.05, 4.69) is 4.98 Å². The second-order valence-electron chi connectivity index (χ2n) is 5.47. The Morgan fingerprint density at radius 3 is 2.58 bits per heavy atom. The number of H-pyrrole nitrogens is 1. The summed E-state index contributed by atoms with van der Waals surface area (Å²) in [5.41, 5.74) is 0.540. The zero-order valence-corrected chi connectivity index (χ0v) is 12.9. The molecule has 0 saturated carbocycles. The number of aromatic nitrogens is 1. The number of nitrogens with zero attached hydrogens (tertiary/aromatic N) is 2. The molecule has 24 heavy (non-hydrogen) atoms. The third kappa shape index (κ3) is 3.01. The van der Waals surface area contributed by atoms with Gasteiger partial charge in [-0.3, -0.25) is 9.59 Å². The topological polar surface area (TPSA) is 77.0 Å². The number of hydrogen-bond donors (Lipinski definition) is 1. The molecule has 2 heterocycles. The molecular weight excluding hydrogens is 340 g/mol. The number of benzene rings is 1. The van der Waals surface area contributed by atoms with Crippen LogP contribution in [0.5, 0.6) is 0 Å². The summed E-state index contributed by atoms with van der Waals surface area (Å²) in [7, 11) is 0. The molecule has 122 valence electrons. The van der Waals surface area contributed by atoms with Gasteiger partial charge in [-0.2, -0.15) is 5.26 Å². The molecule has 8 heteroatoms. The van der Waals surface area contributed by atoms with Crippen LogP contribution in [-0.4, -0.2) is 34.8 Å². The van der Waals surface area contributed by atoms with Crippen LogP contribution < -0.4 is 5.56 Å². The largest absolute Gasteiger partial charge is 0.326 e. The van der Waals surface area contributed by atoms with Gasteiger partial charge in [-0.25, -0.2) is 8.78 Å². The van der Waals surface area contributed by atoms with E-state index in [-0.39, 0.29) is 16.3 Å². The molecule has 5 nitrogen and oxygen atoms in total. The molecule has 0 spiro atoms. The molecule has 0 atom stereocenters. The molecule has 1 N–H and O–H groups in total. The van der Waals surface area contributed by atoms with Crippen molar-refractivity contribution in [3.05, 3.63) is 57.0 Å². The number of pyridine rings is 1. The first-order valence-corrected chi connectivity index (χ1v) is 7.28. The summed E-state index contributed by atoms with van der Waals surface area (Å²) >= 11 is 5.83. The van der Waals surface area contributed by atoms with Crippen molar-refractivity contribution in [2.45, 2.75) is 5.92 Å². The summed E-state index contributed by atoms with van der Waals surface area (Å²) in [4.78, 5) is 27.5. The Morgan fingerprint density at radius 2 is 2.00 bits per heavy atom. The third-order valence-electron chi connectivity index (χ3n) is 3.63. The van der Waals surface area contributed by atoms with Crippen molar-refractivity contribution in [2.24, 2.45) is 0 Å². The highest BCUT2D eigenvalue weighted by Crippen LogP contribution is 2.31. The highest BCUT2D eigenvalue weighted by atomic mass is 35.5. The summed E-state index contributed by atoms with van der Waals surface area (Å²) < 4.78 is 26.1. The van der Waals surface area contributed by atoms with Gasteiger partial charge in [-0.15, -0.1) is 0 Å². The van der Waals surface area contributed by atoms with Crippen molar-refractivity contribution in [1.82, 2.24) is 9.88 Å². The number of likely N-dealkylation sites (tertiary alicyclic amines) is 1. The molecule has 1 amide bonds. The summed E-state index contributed by atoms with van der Waals surface area (Å²) in [5, 5.41) is 9.09. The minimum Gasteiger partial charge on any atom is -0.326 e.